The molecule has 0 saturated carbocycles. The molecule has 0 saturated heterocycles. The van der Waals surface area contributed by atoms with E-state index < -0.39 is 0 Å². The molecule has 5 nitrogen and oxygen atoms in total. The molecule has 3 aromatic rings. The third-order valence-electron chi connectivity index (χ3n) is 4.85. The summed E-state index contributed by atoms with van der Waals surface area (Å²) >= 11 is 0. The first-order valence-electron chi connectivity index (χ1n) is 8.53. The summed E-state index contributed by atoms with van der Waals surface area (Å²) < 4.78 is 0. The van der Waals surface area contributed by atoms with Crippen LogP contribution >= 0.6 is 0 Å². The van der Waals surface area contributed by atoms with Crippen molar-refractivity contribution >= 4 is 23.1 Å². The number of rotatable bonds is 3. The number of para-hydroxylation sites is 1. The summed E-state index contributed by atoms with van der Waals surface area (Å²) in [6.07, 6.45) is 2.74. The molecule has 0 amide bonds. The molecule has 0 radical (unpaired) electrons. The van der Waals surface area contributed by atoms with E-state index >= 15 is 0 Å². The quantitative estimate of drug-likeness (QED) is 0.775. The number of aryl methyl sites for hydroxylation is 1. The highest BCUT2D eigenvalue weighted by Gasteiger charge is 2.28. The molecule has 0 spiro atoms. The lowest BCUT2D eigenvalue weighted by molar-refractivity contribution is 0.745. The highest BCUT2D eigenvalue weighted by atomic mass is 15.3. The van der Waals surface area contributed by atoms with Crippen molar-refractivity contribution in [3.63, 3.8) is 0 Å². The van der Waals surface area contributed by atoms with Crippen molar-refractivity contribution in [1.82, 2.24) is 15.2 Å². The normalized spacial score (nSPS) is 16.0. The van der Waals surface area contributed by atoms with Crippen molar-refractivity contribution in [3.8, 4) is 0 Å². The standard InChI is InChI=1S/C20H21N5/c1-13-7-6-9-17(15(13)3)22-20-23-19(12-21-24-20)25-14(2)11-16-8-4-5-10-18(16)25/h4-10,12,14H,11H2,1-3H3,(H,22,23,24). The summed E-state index contributed by atoms with van der Waals surface area (Å²) in [7, 11) is 0. The summed E-state index contributed by atoms with van der Waals surface area (Å²) in [6, 6.07) is 15.0. The van der Waals surface area contributed by atoms with E-state index in [0.29, 0.717) is 12.0 Å². The molecule has 1 aliphatic rings. The van der Waals surface area contributed by atoms with Crippen LogP contribution in [-0.2, 0) is 6.42 Å². The maximum absolute atomic E-state index is 4.71. The van der Waals surface area contributed by atoms with Crippen LogP contribution in [-0.4, -0.2) is 21.2 Å². The first-order chi connectivity index (χ1) is 12.1. The highest BCUT2D eigenvalue weighted by Crippen LogP contribution is 2.37. The third kappa shape index (κ3) is 2.82. The topological polar surface area (TPSA) is 53.9 Å². The number of nitrogens with one attached hydrogen (secondary N) is 1. The van der Waals surface area contributed by atoms with E-state index in [1.165, 1.54) is 22.4 Å². The molecular formula is C20H21N5. The largest absolute Gasteiger partial charge is 0.323 e. The fourth-order valence-electron chi connectivity index (χ4n) is 3.39. The van der Waals surface area contributed by atoms with Gasteiger partial charge in [-0.1, -0.05) is 30.3 Å². The smallest absolute Gasteiger partial charge is 0.249 e. The fourth-order valence-corrected chi connectivity index (χ4v) is 3.39. The minimum absolute atomic E-state index is 0.350. The average Bonchev–Trinajstić information content (AvgIpc) is 2.95. The second-order valence-electron chi connectivity index (χ2n) is 6.56. The first-order valence-corrected chi connectivity index (χ1v) is 8.53. The van der Waals surface area contributed by atoms with Gasteiger partial charge in [-0.25, -0.2) is 0 Å². The summed E-state index contributed by atoms with van der Waals surface area (Å²) in [6.45, 7) is 6.40. The molecule has 2 aromatic carbocycles. The maximum atomic E-state index is 4.71. The Morgan fingerprint density at radius 1 is 1.08 bits per heavy atom. The van der Waals surface area contributed by atoms with Crippen LogP contribution < -0.4 is 10.2 Å². The molecule has 1 N–H and O–H groups in total. The number of hydrogen-bond acceptors (Lipinski definition) is 5. The molecule has 5 heteroatoms. The SMILES string of the molecule is Cc1cccc(Nc2nncc(N3c4ccccc4CC3C)n2)c1C. The Labute approximate surface area is 147 Å². The van der Waals surface area contributed by atoms with Crippen molar-refractivity contribution in [2.45, 2.75) is 33.2 Å². The predicted octanol–water partition coefficient (Wildman–Crippen LogP) is 4.31. The highest BCUT2D eigenvalue weighted by molar-refractivity contribution is 5.69. The van der Waals surface area contributed by atoms with Crippen LogP contribution in [0, 0.1) is 13.8 Å². The van der Waals surface area contributed by atoms with Gasteiger partial charge in [-0.3, -0.25) is 0 Å². The molecule has 0 fully saturated rings. The number of anilines is 4. The van der Waals surface area contributed by atoms with Crippen molar-refractivity contribution in [2.75, 3.05) is 10.2 Å². The monoisotopic (exact) mass is 331 g/mol. The Kier molecular flexibility index (Phi) is 3.84. The Balaban J connectivity index is 1.67. The fraction of sp³-hybridized carbons (Fsp3) is 0.250. The van der Waals surface area contributed by atoms with Gasteiger partial charge in [0.1, 0.15) is 0 Å². The van der Waals surface area contributed by atoms with Gasteiger partial charge in [0, 0.05) is 17.4 Å². The summed E-state index contributed by atoms with van der Waals surface area (Å²) in [5.74, 6) is 1.34. The van der Waals surface area contributed by atoms with Crippen LogP contribution in [0.4, 0.5) is 23.1 Å². The summed E-state index contributed by atoms with van der Waals surface area (Å²) in [4.78, 5) is 6.95. The third-order valence-corrected chi connectivity index (χ3v) is 4.85. The molecule has 0 aliphatic carbocycles. The number of benzene rings is 2. The van der Waals surface area contributed by atoms with E-state index in [9.17, 15) is 0 Å². The lowest BCUT2D eigenvalue weighted by Crippen LogP contribution is -2.25. The van der Waals surface area contributed by atoms with E-state index in [1.807, 2.05) is 12.1 Å². The van der Waals surface area contributed by atoms with E-state index in [4.69, 9.17) is 4.98 Å². The lowest BCUT2D eigenvalue weighted by atomic mass is 10.1. The van der Waals surface area contributed by atoms with E-state index in [0.717, 1.165) is 17.9 Å². The molecule has 25 heavy (non-hydrogen) atoms. The van der Waals surface area contributed by atoms with Gasteiger partial charge in [0.25, 0.3) is 0 Å². The molecule has 1 unspecified atom stereocenters. The number of hydrogen-bond donors (Lipinski definition) is 1. The zero-order chi connectivity index (χ0) is 17.4. The van der Waals surface area contributed by atoms with E-state index in [1.54, 1.807) is 6.20 Å². The van der Waals surface area contributed by atoms with Gasteiger partial charge in [-0.15, -0.1) is 5.10 Å². The molecule has 0 bridgehead atoms. The van der Waals surface area contributed by atoms with Crippen molar-refractivity contribution in [1.29, 1.82) is 0 Å². The molecule has 1 aliphatic heterocycles. The van der Waals surface area contributed by atoms with Gasteiger partial charge < -0.3 is 10.2 Å². The van der Waals surface area contributed by atoms with Crippen LogP contribution in [0.5, 0.6) is 0 Å². The lowest BCUT2D eigenvalue weighted by Gasteiger charge is -2.23. The zero-order valence-corrected chi connectivity index (χ0v) is 14.7. The van der Waals surface area contributed by atoms with Crippen LogP contribution in [0.2, 0.25) is 0 Å². The molecule has 2 heterocycles. The van der Waals surface area contributed by atoms with Crippen LogP contribution in [0.1, 0.15) is 23.6 Å². The molecule has 1 atom stereocenters. The summed E-state index contributed by atoms with van der Waals surface area (Å²) in [5, 5.41) is 11.6. The average molecular weight is 331 g/mol. The van der Waals surface area contributed by atoms with Crippen molar-refractivity contribution in [3.05, 3.63) is 65.4 Å². The van der Waals surface area contributed by atoms with Gasteiger partial charge in [-0.05, 0) is 56.0 Å². The Hall–Kier alpha value is -2.95. The number of fused-ring (bicyclic) bond motifs is 1. The predicted molar refractivity (Wildman–Crippen MR) is 101 cm³/mol. The zero-order valence-electron chi connectivity index (χ0n) is 14.7. The Bertz CT molecular complexity index is 921. The van der Waals surface area contributed by atoms with Crippen molar-refractivity contribution in [2.24, 2.45) is 0 Å². The first kappa shape index (κ1) is 15.6. The van der Waals surface area contributed by atoms with Crippen molar-refractivity contribution < 1.29 is 0 Å². The van der Waals surface area contributed by atoms with Gasteiger partial charge in [0.2, 0.25) is 5.95 Å². The Morgan fingerprint density at radius 3 is 2.80 bits per heavy atom. The van der Waals surface area contributed by atoms with Gasteiger partial charge >= 0.3 is 0 Å². The maximum Gasteiger partial charge on any atom is 0.249 e. The van der Waals surface area contributed by atoms with Crippen LogP contribution in [0.3, 0.4) is 0 Å². The second-order valence-corrected chi connectivity index (χ2v) is 6.56. The van der Waals surface area contributed by atoms with Crippen LogP contribution in [0.25, 0.3) is 0 Å². The molecular weight excluding hydrogens is 310 g/mol. The van der Waals surface area contributed by atoms with Crippen LogP contribution in [0.15, 0.2) is 48.7 Å². The molecule has 4 rings (SSSR count). The summed E-state index contributed by atoms with van der Waals surface area (Å²) in [5.41, 5.74) is 5.98. The minimum Gasteiger partial charge on any atom is -0.323 e. The van der Waals surface area contributed by atoms with Gasteiger partial charge in [-0.2, -0.15) is 10.1 Å². The van der Waals surface area contributed by atoms with Gasteiger partial charge in [0.15, 0.2) is 5.82 Å². The number of nitrogens with zero attached hydrogens (tertiary/aromatic N) is 4. The van der Waals surface area contributed by atoms with E-state index in [2.05, 4.69) is 71.5 Å². The number of aromatic nitrogens is 3. The molecule has 126 valence electrons. The van der Waals surface area contributed by atoms with Gasteiger partial charge in [0.05, 0.1) is 6.20 Å². The van der Waals surface area contributed by atoms with E-state index in [-0.39, 0.29) is 0 Å². The Morgan fingerprint density at radius 2 is 1.92 bits per heavy atom. The molecule has 1 aromatic heterocycles. The minimum atomic E-state index is 0.350. The second kappa shape index (κ2) is 6.16.